The van der Waals surface area contributed by atoms with Crippen LogP contribution >= 0.6 is 11.6 Å². The monoisotopic (exact) mass is 428 g/mol. The third-order valence-electron chi connectivity index (χ3n) is 5.44. The topological polar surface area (TPSA) is 50.3 Å². The number of likely N-dealkylation sites (tertiary alicyclic amines) is 1. The lowest BCUT2D eigenvalue weighted by atomic mass is 10.1. The summed E-state index contributed by atoms with van der Waals surface area (Å²) in [7, 11) is 0. The molecule has 1 aliphatic rings. The second-order valence-corrected chi connectivity index (χ2v) is 8.12. The average Bonchev–Trinajstić information content (AvgIpc) is 2.75. The molecule has 0 atom stereocenters. The first-order valence-electron chi connectivity index (χ1n) is 10.4. The van der Waals surface area contributed by atoms with Crippen LogP contribution in [0.3, 0.4) is 0 Å². The van der Waals surface area contributed by atoms with Crippen molar-refractivity contribution in [3.63, 3.8) is 0 Å². The molecular formula is C23H26ClFN4O. The van der Waals surface area contributed by atoms with Gasteiger partial charge in [-0.15, -0.1) is 0 Å². The van der Waals surface area contributed by atoms with Crippen LogP contribution in [0.4, 0.5) is 15.9 Å². The Kier molecular flexibility index (Phi) is 6.65. The second kappa shape index (κ2) is 9.58. The van der Waals surface area contributed by atoms with Crippen LogP contribution in [0.5, 0.6) is 5.75 Å². The number of nitrogens with one attached hydrogen (secondary N) is 1. The quantitative estimate of drug-likeness (QED) is 0.487. The van der Waals surface area contributed by atoms with Crippen LogP contribution in [-0.2, 0) is 0 Å². The number of hydrogen-bond donors (Lipinski definition) is 1. The average molecular weight is 429 g/mol. The second-order valence-electron chi connectivity index (χ2n) is 7.72. The van der Waals surface area contributed by atoms with E-state index in [2.05, 4.69) is 20.2 Å². The van der Waals surface area contributed by atoms with Crippen molar-refractivity contribution in [1.82, 2.24) is 14.9 Å². The Morgan fingerprint density at radius 1 is 1.13 bits per heavy atom. The van der Waals surface area contributed by atoms with Crippen molar-refractivity contribution in [3.8, 4) is 5.75 Å². The number of piperidine rings is 1. The van der Waals surface area contributed by atoms with Gasteiger partial charge in [-0.1, -0.05) is 18.0 Å². The maximum absolute atomic E-state index is 13.4. The van der Waals surface area contributed by atoms with E-state index in [0.29, 0.717) is 18.1 Å². The summed E-state index contributed by atoms with van der Waals surface area (Å²) in [6, 6.07) is 8.47. The number of hydrogen-bond acceptors (Lipinski definition) is 5. The lowest BCUT2D eigenvalue weighted by molar-refractivity contribution is 0.204. The van der Waals surface area contributed by atoms with E-state index in [4.69, 9.17) is 16.3 Å². The van der Waals surface area contributed by atoms with Crippen LogP contribution in [0.25, 0.3) is 10.9 Å². The zero-order valence-corrected chi connectivity index (χ0v) is 17.9. The van der Waals surface area contributed by atoms with Crippen LogP contribution in [-0.4, -0.2) is 41.1 Å². The number of fused-ring (bicyclic) bond motifs is 1. The van der Waals surface area contributed by atoms with E-state index in [9.17, 15) is 4.39 Å². The van der Waals surface area contributed by atoms with Gasteiger partial charge < -0.3 is 15.0 Å². The Hall–Kier alpha value is -2.44. The van der Waals surface area contributed by atoms with Crippen LogP contribution in [0.15, 0.2) is 36.7 Å². The predicted octanol–water partition coefficient (Wildman–Crippen LogP) is 5.73. The fourth-order valence-corrected chi connectivity index (χ4v) is 3.99. The van der Waals surface area contributed by atoms with Gasteiger partial charge in [0.05, 0.1) is 17.1 Å². The molecule has 0 unspecified atom stereocenters. The van der Waals surface area contributed by atoms with Gasteiger partial charge in [-0.2, -0.15) is 0 Å². The lowest BCUT2D eigenvalue weighted by Crippen LogP contribution is -2.31. The summed E-state index contributed by atoms with van der Waals surface area (Å²) < 4.78 is 19.5. The Balaban J connectivity index is 1.45. The zero-order chi connectivity index (χ0) is 20.9. The van der Waals surface area contributed by atoms with Gasteiger partial charge in [0.1, 0.15) is 23.7 Å². The van der Waals surface area contributed by atoms with Crippen LogP contribution in [0.2, 0.25) is 5.02 Å². The van der Waals surface area contributed by atoms with Crippen molar-refractivity contribution in [2.45, 2.75) is 32.6 Å². The van der Waals surface area contributed by atoms with Crippen LogP contribution in [0, 0.1) is 12.7 Å². The van der Waals surface area contributed by atoms with Crippen molar-refractivity contribution in [3.05, 3.63) is 53.1 Å². The summed E-state index contributed by atoms with van der Waals surface area (Å²) in [5.41, 5.74) is 2.48. The van der Waals surface area contributed by atoms with Gasteiger partial charge in [0.15, 0.2) is 0 Å². The summed E-state index contributed by atoms with van der Waals surface area (Å²) in [5, 5.41) is 4.14. The van der Waals surface area contributed by atoms with Gasteiger partial charge >= 0.3 is 0 Å². The summed E-state index contributed by atoms with van der Waals surface area (Å²) in [6.07, 6.45) is 6.50. The van der Waals surface area contributed by atoms with E-state index in [1.807, 2.05) is 19.1 Å². The number of aromatic nitrogens is 2. The Morgan fingerprint density at radius 3 is 2.77 bits per heavy atom. The Bertz CT molecular complexity index is 1020. The van der Waals surface area contributed by atoms with Gasteiger partial charge in [-0.3, -0.25) is 0 Å². The fourth-order valence-electron chi connectivity index (χ4n) is 3.81. The number of ether oxygens (including phenoxy) is 1. The molecule has 158 valence electrons. The van der Waals surface area contributed by atoms with Gasteiger partial charge in [-0.05, 0) is 69.1 Å². The van der Waals surface area contributed by atoms with Crippen molar-refractivity contribution < 1.29 is 9.13 Å². The molecule has 2 heterocycles. The summed E-state index contributed by atoms with van der Waals surface area (Å²) in [6.45, 7) is 6.21. The highest BCUT2D eigenvalue weighted by Gasteiger charge is 2.12. The molecule has 4 rings (SSSR count). The fraction of sp³-hybridized carbons (Fsp3) is 0.391. The Morgan fingerprint density at radius 2 is 1.97 bits per heavy atom. The predicted molar refractivity (Wildman–Crippen MR) is 119 cm³/mol. The first kappa shape index (κ1) is 20.8. The molecule has 1 aromatic heterocycles. The highest BCUT2D eigenvalue weighted by Crippen LogP contribution is 2.30. The van der Waals surface area contributed by atoms with E-state index in [1.54, 1.807) is 6.07 Å². The van der Waals surface area contributed by atoms with Crippen molar-refractivity contribution in [1.29, 1.82) is 0 Å². The van der Waals surface area contributed by atoms with Gasteiger partial charge in [0.25, 0.3) is 0 Å². The summed E-state index contributed by atoms with van der Waals surface area (Å²) in [5.74, 6) is 1.03. The molecule has 0 spiro atoms. The Labute approximate surface area is 181 Å². The molecule has 1 fully saturated rings. The molecule has 0 bridgehead atoms. The SMILES string of the molecule is Cc1cc2c(Nc3ccc(F)c(Cl)c3)ncnc2cc1OCCCN1CCCCC1. The third-order valence-corrected chi connectivity index (χ3v) is 5.73. The van der Waals surface area contributed by atoms with Crippen molar-refractivity contribution in [2.24, 2.45) is 0 Å². The first-order chi connectivity index (χ1) is 14.6. The van der Waals surface area contributed by atoms with E-state index in [-0.39, 0.29) is 5.02 Å². The molecule has 30 heavy (non-hydrogen) atoms. The molecule has 7 heteroatoms. The number of anilines is 2. The molecule has 0 radical (unpaired) electrons. The summed E-state index contributed by atoms with van der Waals surface area (Å²) in [4.78, 5) is 11.3. The molecule has 1 aliphatic heterocycles. The minimum atomic E-state index is -0.451. The standard InChI is InChI=1S/C23H26ClFN4O/c1-16-12-18-21(14-22(16)30-11-5-10-29-8-3-2-4-9-29)26-15-27-23(18)28-17-6-7-20(25)19(24)13-17/h6-7,12-15H,2-5,8-11H2,1H3,(H,26,27,28). The molecule has 2 aromatic carbocycles. The number of halogens is 2. The highest BCUT2D eigenvalue weighted by atomic mass is 35.5. The number of nitrogens with zero attached hydrogens (tertiary/aromatic N) is 3. The highest BCUT2D eigenvalue weighted by molar-refractivity contribution is 6.31. The van der Waals surface area contributed by atoms with Crippen LogP contribution in [0.1, 0.15) is 31.2 Å². The van der Waals surface area contributed by atoms with Crippen LogP contribution < -0.4 is 10.1 Å². The maximum Gasteiger partial charge on any atom is 0.141 e. The number of aryl methyl sites for hydroxylation is 1. The van der Waals surface area contributed by atoms with Crippen molar-refractivity contribution in [2.75, 3.05) is 31.6 Å². The number of rotatable bonds is 7. The molecule has 0 aliphatic carbocycles. The first-order valence-corrected chi connectivity index (χ1v) is 10.8. The third kappa shape index (κ3) is 4.99. The molecule has 3 aromatic rings. The van der Waals surface area contributed by atoms with Crippen molar-refractivity contribution >= 4 is 34.0 Å². The zero-order valence-electron chi connectivity index (χ0n) is 17.1. The van der Waals surface area contributed by atoms with E-state index in [1.165, 1.54) is 50.8 Å². The summed E-state index contributed by atoms with van der Waals surface area (Å²) >= 11 is 5.89. The van der Waals surface area contributed by atoms with Gasteiger partial charge in [0, 0.05) is 23.7 Å². The minimum Gasteiger partial charge on any atom is -0.493 e. The lowest BCUT2D eigenvalue weighted by Gasteiger charge is -2.26. The molecule has 1 N–H and O–H groups in total. The molecule has 5 nitrogen and oxygen atoms in total. The normalized spacial score (nSPS) is 14.8. The maximum atomic E-state index is 13.4. The molecule has 1 saturated heterocycles. The van der Waals surface area contributed by atoms with Gasteiger partial charge in [0.2, 0.25) is 0 Å². The smallest absolute Gasteiger partial charge is 0.141 e. The van der Waals surface area contributed by atoms with E-state index in [0.717, 1.165) is 35.2 Å². The molecule has 0 amide bonds. The van der Waals surface area contributed by atoms with E-state index >= 15 is 0 Å². The minimum absolute atomic E-state index is 0.0646. The molecular weight excluding hydrogens is 403 g/mol. The largest absolute Gasteiger partial charge is 0.493 e. The van der Waals surface area contributed by atoms with Gasteiger partial charge in [-0.25, -0.2) is 14.4 Å². The van der Waals surface area contributed by atoms with E-state index < -0.39 is 5.82 Å². The number of benzene rings is 2. The molecule has 0 saturated carbocycles.